The minimum Gasteiger partial charge on any atom is -0.444 e. The number of halogens is 3. The molecule has 2 aromatic rings. The van der Waals surface area contributed by atoms with Crippen LogP contribution >= 0.6 is 0 Å². The number of nitrogens with zero attached hydrogens (tertiary/aromatic N) is 1. The number of hydrogen-bond donors (Lipinski definition) is 3. The van der Waals surface area contributed by atoms with E-state index in [1.54, 1.807) is 33.0 Å². The van der Waals surface area contributed by atoms with Gasteiger partial charge in [-0.1, -0.05) is 47.5 Å². The smallest absolute Gasteiger partial charge is 0.444 e. The number of alkyl carbamates (subject to hydrolysis) is 1. The maximum atomic E-state index is 12.3. The summed E-state index contributed by atoms with van der Waals surface area (Å²) in [6, 6.07) is 6.94. The van der Waals surface area contributed by atoms with Crippen LogP contribution in [0.1, 0.15) is 79.4 Å². The number of benzene rings is 1. The van der Waals surface area contributed by atoms with E-state index < -0.39 is 18.1 Å². The SMILES string of the molecule is CC.CCCC.CCc1ccnc(Nc2ccc(OC(F)(F)F)cc2)c1C(=N)CNC(=O)OC(C)(C)C. The molecule has 0 aliphatic heterocycles. The normalized spacial score (nSPS) is 10.7. The van der Waals surface area contributed by atoms with Gasteiger partial charge in [0.05, 0.1) is 12.3 Å². The van der Waals surface area contributed by atoms with Crippen molar-refractivity contribution in [2.24, 2.45) is 0 Å². The predicted octanol–water partition coefficient (Wildman–Crippen LogP) is 8.01. The summed E-state index contributed by atoms with van der Waals surface area (Å²) in [6.45, 7) is 15.4. The number of carbonyl (C=O) groups excluding carboxylic acids is 1. The number of carbonyl (C=O) groups is 1. The van der Waals surface area contributed by atoms with Gasteiger partial charge in [0.1, 0.15) is 17.2 Å². The van der Waals surface area contributed by atoms with Gasteiger partial charge in [-0.2, -0.15) is 0 Å². The quantitative estimate of drug-likeness (QED) is 0.303. The van der Waals surface area contributed by atoms with Crippen molar-refractivity contribution in [1.29, 1.82) is 5.41 Å². The molecule has 0 fully saturated rings. The topological polar surface area (TPSA) is 96.3 Å². The number of alkyl halides is 3. The van der Waals surface area contributed by atoms with E-state index in [-0.39, 0.29) is 18.0 Å². The van der Waals surface area contributed by atoms with Crippen LogP contribution in [0, 0.1) is 5.41 Å². The van der Waals surface area contributed by atoms with Crippen LogP contribution in [0.4, 0.5) is 29.5 Å². The summed E-state index contributed by atoms with van der Waals surface area (Å²) < 4.78 is 46.0. The fourth-order valence-electron chi connectivity index (χ4n) is 2.67. The van der Waals surface area contributed by atoms with Gasteiger partial charge in [0, 0.05) is 17.4 Å². The second-order valence-corrected chi connectivity index (χ2v) is 8.58. The molecule has 0 aliphatic rings. The lowest BCUT2D eigenvalue weighted by molar-refractivity contribution is -0.274. The van der Waals surface area contributed by atoms with Gasteiger partial charge in [-0.25, -0.2) is 9.78 Å². The molecular formula is C27H41F3N4O3. The maximum Gasteiger partial charge on any atom is 0.573 e. The number of ether oxygens (including phenoxy) is 2. The van der Waals surface area contributed by atoms with Crippen molar-refractivity contribution < 1.29 is 27.4 Å². The highest BCUT2D eigenvalue weighted by Gasteiger charge is 2.31. The number of pyridine rings is 1. The van der Waals surface area contributed by atoms with E-state index in [4.69, 9.17) is 10.1 Å². The zero-order valence-electron chi connectivity index (χ0n) is 23.1. The summed E-state index contributed by atoms with van der Waals surface area (Å²) in [7, 11) is 0. The van der Waals surface area contributed by atoms with E-state index in [0.29, 0.717) is 23.5 Å². The Morgan fingerprint density at radius 1 is 1.00 bits per heavy atom. The lowest BCUT2D eigenvalue weighted by atomic mass is 10.0. The Kier molecular flexibility index (Phi) is 15.0. The molecular weight excluding hydrogens is 485 g/mol. The molecule has 0 atom stereocenters. The molecule has 0 saturated carbocycles. The molecule has 0 spiro atoms. The molecule has 0 saturated heterocycles. The number of aryl methyl sites for hydroxylation is 1. The molecule has 7 nitrogen and oxygen atoms in total. The summed E-state index contributed by atoms with van der Waals surface area (Å²) in [6.07, 6.45) is -0.593. The lowest BCUT2D eigenvalue weighted by Gasteiger charge is -2.20. The highest BCUT2D eigenvalue weighted by molar-refractivity contribution is 6.06. The summed E-state index contributed by atoms with van der Waals surface area (Å²) >= 11 is 0. The summed E-state index contributed by atoms with van der Waals surface area (Å²) in [4.78, 5) is 16.2. The minimum absolute atomic E-state index is 0.0827. The third-order valence-electron chi connectivity index (χ3n) is 4.38. The van der Waals surface area contributed by atoms with Crippen LogP contribution in [0.3, 0.4) is 0 Å². The number of amides is 1. The van der Waals surface area contributed by atoms with Gasteiger partial charge < -0.3 is 25.5 Å². The molecule has 3 N–H and O–H groups in total. The number of anilines is 2. The highest BCUT2D eigenvalue weighted by atomic mass is 19.4. The van der Waals surface area contributed by atoms with Crippen LogP contribution in [0.5, 0.6) is 5.75 Å². The van der Waals surface area contributed by atoms with Gasteiger partial charge in [-0.05, 0) is 63.1 Å². The number of aromatic nitrogens is 1. The largest absolute Gasteiger partial charge is 0.573 e. The van der Waals surface area contributed by atoms with Crippen molar-refractivity contribution in [2.75, 3.05) is 11.9 Å². The van der Waals surface area contributed by atoms with Gasteiger partial charge >= 0.3 is 12.5 Å². The van der Waals surface area contributed by atoms with Crippen molar-refractivity contribution >= 4 is 23.3 Å². The fraction of sp³-hybridized carbons (Fsp3) is 0.519. The van der Waals surface area contributed by atoms with Crippen LogP contribution in [0.2, 0.25) is 0 Å². The van der Waals surface area contributed by atoms with Crippen molar-refractivity contribution in [1.82, 2.24) is 10.3 Å². The number of nitrogens with one attached hydrogen (secondary N) is 3. The molecule has 0 aliphatic carbocycles. The first-order chi connectivity index (χ1) is 17.3. The van der Waals surface area contributed by atoms with E-state index in [1.165, 1.54) is 37.1 Å². The van der Waals surface area contributed by atoms with Gasteiger partial charge in [0.2, 0.25) is 0 Å². The van der Waals surface area contributed by atoms with E-state index >= 15 is 0 Å². The zero-order chi connectivity index (χ0) is 28.6. The third kappa shape index (κ3) is 14.1. The fourth-order valence-corrected chi connectivity index (χ4v) is 2.67. The number of hydrogen-bond acceptors (Lipinski definition) is 6. The molecule has 0 bridgehead atoms. The minimum atomic E-state index is -4.77. The van der Waals surface area contributed by atoms with Crippen molar-refractivity contribution in [3.63, 3.8) is 0 Å². The molecule has 37 heavy (non-hydrogen) atoms. The molecule has 1 heterocycles. The Morgan fingerprint density at radius 3 is 2.03 bits per heavy atom. The van der Waals surface area contributed by atoms with Crippen LogP contribution in [-0.4, -0.2) is 35.3 Å². The molecule has 208 valence electrons. The zero-order valence-corrected chi connectivity index (χ0v) is 23.1. The second kappa shape index (κ2) is 16.4. The van der Waals surface area contributed by atoms with E-state index in [0.717, 1.165) is 5.56 Å². The van der Waals surface area contributed by atoms with Crippen LogP contribution in [-0.2, 0) is 11.2 Å². The van der Waals surface area contributed by atoms with Gasteiger partial charge in [0.25, 0.3) is 0 Å². The van der Waals surface area contributed by atoms with Crippen molar-refractivity contribution in [3.05, 3.63) is 47.7 Å². The Balaban J connectivity index is 0.00000196. The monoisotopic (exact) mass is 526 g/mol. The second-order valence-electron chi connectivity index (χ2n) is 8.58. The Hall–Kier alpha value is -3.30. The summed E-state index contributed by atoms with van der Waals surface area (Å²) in [5.74, 6) is 0.00248. The summed E-state index contributed by atoms with van der Waals surface area (Å²) in [5.41, 5.74) is 1.23. The van der Waals surface area contributed by atoms with E-state index in [1.807, 2.05) is 20.8 Å². The van der Waals surface area contributed by atoms with Crippen LogP contribution in [0.25, 0.3) is 0 Å². The lowest BCUT2D eigenvalue weighted by Crippen LogP contribution is -2.35. The van der Waals surface area contributed by atoms with Crippen LogP contribution in [0.15, 0.2) is 36.5 Å². The number of unbranched alkanes of at least 4 members (excludes halogenated alkanes) is 1. The molecule has 10 heteroatoms. The molecule has 2 rings (SSSR count). The maximum absolute atomic E-state index is 12.3. The third-order valence-corrected chi connectivity index (χ3v) is 4.38. The predicted molar refractivity (Wildman–Crippen MR) is 143 cm³/mol. The number of rotatable bonds is 8. The first-order valence-corrected chi connectivity index (χ1v) is 12.4. The molecule has 1 aromatic heterocycles. The Morgan fingerprint density at radius 2 is 1.57 bits per heavy atom. The molecule has 0 unspecified atom stereocenters. The van der Waals surface area contributed by atoms with Gasteiger partial charge in [-0.15, -0.1) is 13.2 Å². The van der Waals surface area contributed by atoms with Crippen molar-refractivity contribution in [3.8, 4) is 5.75 Å². The molecule has 1 amide bonds. The highest BCUT2D eigenvalue weighted by Crippen LogP contribution is 2.27. The van der Waals surface area contributed by atoms with Crippen molar-refractivity contribution in [2.45, 2.75) is 86.6 Å². The average molecular weight is 527 g/mol. The van der Waals surface area contributed by atoms with Gasteiger partial charge in [0.15, 0.2) is 0 Å². The Labute approximate surface area is 218 Å². The molecule has 0 radical (unpaired) electrons. The standard InChI is InChI=1S/C21H25F3N4O3.C4H10.C2H6/c1-5-13-10-11-26-18(17(13)16(25)12-27-19(29)31-20(2,3)4)28-14-6-8-15(9-7-14)30-21(22,23)24;1-3-4-2;1-2/h6-11,25H,5,12H2,1-4H3,(H,26,28)(H,27,29);3-4H2,1-2H3;1-2H3. The van der Waals surface area contributed by atoms with E-state index in [2.05, 4.69) is 34.2 Å². The summed E-state index contributed by atoms with van der Waals surface area (Å²) in [5, 5.41) is 14.0. The molecule has 1 aromatic carbocycles. The van der Waals surface area contributed by atoms with E-state index in [9.17, 15) is 18.0 Å². The van der Waals surface area contributed by atoms with Gasteiger partial charge in [-0.3, -0.25) is 0 Å². The first-order valence-electron chi connectivity index (χ1n) is 12.4. The van der Waals surface area contributed by atoms with Crippen LogP contribution < -0.4 is 15.4 Å². The first kappa shape index (κ1) is 33.7. The Bertz CT molecular complexity index is 955. The average Bonchev–Trinajstić information content (AvgIpc) is 2.83.